The second kappa shape index (κ2) is 9.43. The number of nitrogens with zero attached hydrogens (tertiary/aromatic N) is 1. The third-order valence-electron chi connectivity index (χ3n) is 3.34. The van der Waals surface area contributed by atoms with Gasteiger partial charge in [-0.2, -0.15) is 0 Å². The monoisotopic (exact) mass is 451 g/mol. The zero-order chi connectivity index (χ0) is 20.0. The van der Waals surface area contributed by atoms with Crippen LogP contribution in [0.25, 0.3) is 0 Å². The van der Waals surface area contributed by atoms with Crippen LogP contribution in [0.1, 0.15) is 24.2 Å². The van der Waals surface area contributed by atoms with Crippen molar-refractivity contribution < 1.29 is 14.5 Å². The van der Waals surface area contributed by atoms with Crippen molar-refractivity contribution in [3.8, 4) is 5.75 Å². The van der Waals surface area contributed by atoms with E-state index in [1.54, 1.807) is 24.3 Å². The molecule has 2 aromatic carbocycles. The van der Waals surface area contributed by atoms with Crippen molar-refractivity contribution in [3.05, 3.63) is 62.6 Å². The molecule has 27 heavy (non-hydrogen) atoms. The first-order valence-corrected chi connectivity index (χ1v) is 9.25. The molecule has 0 bridgehead atoms. The maximum atomic E-state index is 12.3. The number of hydrogen-bond acceptors (Lipinski definition) is 5. The van der Waals surface area contributed by atoms with Crippen molar-refractivity contribution in [3.63, 3.8) is 0 Å². The van der Waals surface area contributed by atoms with E-state index in [0.29, 0.717) is 34.0 Å². The summed E-state index contributed by atoms with van der Waals surface area (Å²) in [5.41, 5.74) is 0.879. The molecule has 142 valence electrons. The standard InChI is InChI=1S/C18H18BrN3O4S/c1-11(2)10-26-14-6-3-12(4-7-14)17(23)21-18(27)20-16-8-5-13(22(24)25)9-15(16)19/h3-9,11H,10H2,1-2H3,(H2,20,21,23,27). The summed E-state index contributed by atoms with van der Waals surface area (Å²) in [4.78, 5) is 22.5. The third-order valence-corrected chi connectivity index (χ3v) is 4.20. The minimum atomic E-state index is -0.497. The maximum Gasteiger partial charge on any atom is 0.270 e. The van der Waals surface area contributed by atoms with Gasteiger partial charge in [-0.3, -0.25) is 20.2 Å². The normalized spacial score (nSPS) is 10.4. The molecule has 0 radical (unpaired) electrons. The van der Waals surface area contributed by atoms with Gasteiger partial charge < -0.3 is 10.1 Å². The summed E-state index contributed by atoms with van der Waals surface area (Å²) in [5, 5.41) is 16.2. The summed E-state index contributed by atoms with van der Waals surface area (Å²) in [5.74, 6) is 0.729. The van der Waals surface area contributed by atoms with E-state index in [1.807, 2.05) is 0 Å². The molecule has 0 unspecified atom stereocenters. The lowest BCUT2D eigenvalue weighted by molar-refractivity contribution is -0.384. The van der Waals surface area contributed by atoms with Crippen LogP contribution in [0, 0.1) is 16.0 Å². The van der Waals surface area contributed by atoms with Crippen molar-refractivity contribution in [2.45, 2.75) is 13.8 Å². The molecule has 0 saturated heterocycles. The van der Waals surface area contributed by atoms with E-state index in [-0.39, 0.29) is 16.7 Å². The van der Waals surface area contributed by atoms with Crippen LogP contribution in [0.5, 0.6) is 5.75 Å². The van der Waals surface area contributed by atoms with Gasteiger partial charge in [0.2, 0.25) is 0 Å². The Labute approximate surface area is 170 Å². The fraction of sp³-hybridized carbons (Fsp3) is 0.222. The Kier molecular flexibility index (Phi) is 7.26. The Balaban J connectivity index is 1.95. The average molecular weight is 452 g/mol. The number of non-ortho nitro benzene ring substituents is 1. The van der Waals surface area contributed by atoms with Gasteiger partial charge in [0.15, 0.2) is 5.11 Å². The summed E-state index contributed by atoms with van der Waals surface area (Å²) in [6, 6.07) is 10.9. The number of thiocarbonyl (C=S) groups is 1. The molecular formula is C18H18BrN3O4S. The van der Waals surface area contributed by atoms with Crippen molar-refractivity contribution in [1.82, 2.24) is 5.32 Å². The number of carbonyl (C=O) groups excluding carboxylic acids is 1. The molecule has 0 aliphatic carbocycles. The largest absolute Gasteiger partial charge is 0.493 e. The highest BCUT2D eigenvalue weighted by molar-refractivity contribution is 9.10. The summed E-state index contributed by atoms with van der Waals surface area (Å²) < 4.78 is 6.04. The first-order valence-electron chi connectivity index (χ1n) is 8.05. The Morgan fingerprint density at radius 3 is 2.48 bits per heavy atom. The van der Waals surface area contributed by atoms with E-state index in [0.717, 1.165) is 0 Å². The quantitative estimate of drug-likeness (QED) is 0.380. The molecule has 2 aromatic rings. The van der Waals surface area contributed by atoms with E-state index < -0.39 is 4.92 Å². The number of nitrogens with one attached hydrogen (secondary N) is 2. The number of nitro benzene ring substituents is 1. The van der Waals surface area contributed by atoms with Crippen LogP contribution in [-0.2, 0) is 0 Å². The zero-order valence-electron chi connectivity index (χ0n) is 14.7. The Morgan fingerprint density at radius 2 is 1.93 bits per heavy atom. The van der Waals surface area contributed by atoms with Crippen LogP contribution in [-0.4, -0.2) is 22.5 Å². The molecule has 1 amide bonds. The first-order chi connectivity index (χ1) is 12.8. The number of hydrogen-bond donors (Lipinski definition) is 2. The van der Waals surface area contributed by atoms with Crippen LogP contribution in [0.3, 0.4) is 0 Å². The highest BCUT2D eigenvalue weighted by Gasteiger charge is 2.12. The van der Waals surface area contributed by atoms with Gasteiger partial charge in [-0.05, 0) is 64.4 Å². The summed E-state index contributed by atoms with van der Waals surface area (Å²) in [7, 11) is 0. The molecule has 0 fully saturated rings. The second-order valence-corrected chi connectivity index (χ2v) is 7.32. The SMILES string of the molecule is CC(C)COc1ccc(C(=O)NC(=S)Nc2ccc([N+](=O)[O-])cc2Br)cc1. The van der Waals surface area contributed by atoms with Crippen LogP contribution >= 0.6 is 28.1 Å². The molecule has 0 spiro atoms. The number of benzene rings is 2. The molecule has 2 N–H and O–H groups in total. The number of nitro groups is 1. The first kappa shape index (κ1) is 20.8. The maximum absolute atomic E-state index is 12.3. The highest BCUT2D eigenvalue weighted by atomic mass is 79.9. The Morgan fingerprint density at radius 1 is 1.26 bits per heavy atom. The summed E-state index contributed by atoms with van der Waals surface area (Å²) in [6.07, 6.45) is 0. The molecular weight excluding hydrogens is 434 g/mol. The molecule has 0 aliphatic rings. The van der Waals surface area contributed by atoms with Crippen LogP contribution < -0.4 is 15.4 Å². The van der Waals surface area contributed by atoms with Gasteiger partial charge in [-0.15, -0.1) is 0 Å². The number of rotatable bonds is 6. The minimum absolute atomic E-state index is 0.0536. The predicted octanol–water partition coefficient (Wildman–Crippen LogP) is 4.52. The van der Waals surface area contributed by atoms with Crippen LogP contribution in [0.2, 0.25) is 0 Å². The second-order valence-electron chi connectivity index (χ2n) is 6.06. The lowest BCUT2D eigenvalue weighted by Crippen LogP contribution is -2.34. The van der Waals surface area contributed by atoms with E-state index in [9.17, 15) is 14.9 Å². The number of amides is 1. The van der Waals surface area contributed by atoms with E-state index in [2.05, 4.69) is 40.4 Å². The van der Waals surface area contributed by atoms with Crippen molar-refractivity contribution in [2.75, 3.05) is 11.9 Å². The Hall–Kier alpha value is -2.52. The van der Waals surface area contributed by atoms with Gasteiger partial charge >= 0.3 is 0 Å². The summed E-state index contributed by atoms with van der Waals surface area (Å²) in [6.45, 7) is 4.71. The topological polar surface area (TPSA) is 93.5 Å². The fourth-order valence-corrected chi connectivity index (χ4v) is 2.68. The lowest BCUT2D eigenvalue weighted by Gasteiger charge is -2.12. The van der Waals surface area contributed by atoms with Gasteiger partial charge in [0.25, 0.3) is 11.6 Å². The lowest BCUT2D eigenvalue weighted by atomic mass is 10.2. The van der Waals surface area contributed by atoms with Gasteiger partial charge in [-0.1, -0.05) is 13.8 Å². The van der Waals surface area contributed by atoms with Crippen molar-refractivity contribution in [1.29, 1.82) is 0 Å². The molecule has 7 nitrogen and oxygen atoms in total. The van der Waals surface area contributed by atoms with E-state index in [4.69, 9.17) is 17.0 Å². The molecule has 2 rings (SSSR count). The van der Waals surface area contributed by atoms with Crippen molar-refractivity contribution in [2.24, 2.45) is 5.92 Å². The van der Waals surface area contributed by atoms with E-state index in [1.165, 1.54) is 18.2 Å². The highest BCUT2D eigenvalue weighted by Crippen LogP contribution is 2.27. The predicted molar refractivity (Wildman–Crippen MR) is 111 cm³/mol. The third kappa shape index (κ3) is 6.30. The number of anilines is 1. The number of ether oxygens (including phenoxy) is 1. The molecule has 9 heteroatoms. The van der Waals surface area contributed by atoms with Gasteiger partial charge in [0.1, 0.15) is 5.75 Å². The zero-order valence-corrected chi connectivity index (χ0v) is 17.1. The molecule has 0 aliphatic heterocycles. The molecule has 0 heterocycles. The fourth-order valence-electron chi connectivity index (χ4n) is 2.01. The molecule has 0 atom stereocenters. The smallest absolute Gasteiger partial charge is 0.270 e. The van der Waals surface area contributed by atoms with Crippen molar-refractivity contribution >= 4 is 50.5 Å². The molecule has 0 aromatic heterocycles. The minimum Gasteiger partial charge on any atom is -0.493 e. The van der Waals surface area contributed by atoms with Crippen LogP contribution in [0.4, 0.5) is 11.4 Å². The summed E-state index contributed by atoms with van der Waals surface area (Å²) >= 11 is 8.36. The van der Waals surface area contributed by atoms with Gasteiger partial charge in [0.05, 0.1) is 17.2 Å². The average Bonchev–Trinajstić information content (AvgIpc) is 2.61. The number of halogens is 1. The Bertz CT molecular complexity index is 856. The molecule has 0 saturated carbocycles. The van der Waals surface area contributed by atoms with Crippen LogP contribution in [0.15, 0.2) is 46.9 Å². The van der Waals surface area contributed by atoms with Gasteiger partial charge in [0, 0.05) is 22.2 Å². The van der Waals surface area contributed by atoms with Gasteiger partial charge in [-0.25, -0.2) is 0 Å². The number of carbonyl (C=O) groups is 1. The van der Waals surface area contributed by atoms with E-state index >= 15 is 0 Å².